The van der Waals surface area contributed by atoms with E-state index in [1.165, 1.54) is 35.4 Å². The molecular weight excluding hydrogens is 228 g/mol. The van der Waals surface area contributed by atoms with Crippen LogP contribution in [0, 0.1) is 10.1 Å². The van der Waals surface area contributed by atoms with Gasteiger partial charge in [0.05, 0.1) is 11.0 Å². The van der Waals surface area contributed by atoms with Gasteiger partial charge in [-0.05, 0) is 0 Å². The van der Waals surface area contributed by atoms with Crippen LogP contribution in [0.3, 0.4) is 0 Å². The number of nitrogens with zero attached hydrogens (tertiary/aromatic N) is 4. The van der Waals surface area contributed by atoms with Gasteiger partial charge in [0.25, 0.3) is 5.69 Å². The number of carboxylic acid groups (broad SMARTS) is 1. The molecule has 0 spiro atoms. The van der Waals surface area contributed by atoms with Gasteiger partial charge in [-0.15, -0.1) is 0 Å². The standard InChI is InChI=1S/C9H6N4O4/c14-9(15)7-4-12(5-11-7)8-3-6(13(16)17)1-2-10-8/h1-5H,(H,14,15). The number of rotatable bonds is 3. The Labute approximate surface area is 94.3 Å². The van der Waals surface area contributed by atoms with Crippen LogP contribution in [0.4, 0.5) is 5.69 Å². The highest BCUT2D eigenvalue weighted by Gasteiger charge is 2.11. The molecule has 2 aromatic heterocycles. The molecule has 0 saturated carbocycles. The van der Waals surface area contributed by atoms with Crippen molar-refractivity contribution in [2.24, 2.45) is 0 Å². The number of hydrogen-bond donors (Lipinski definition) is 1. The lowest BCUT2D eigenvalue weighted by Gasteiger charge is -1.99. The summed E-state index contributed by atoms with van der Waals surface area (Å²) in [7, 11) is 0. The number of nitro groups is 1. The molecule has 0 aliphatic heterocycles. The molecule has 0 bridgehead atoms. The summed E-state index contributed by atoms with van der Waals surface area (Å²) in [4.78, 5) is 28.1. The van der Waals surface area contributed by atoms with E-state index in [9.17, 15) is 14.9 Å². The highest BCUT2D eigenvalue weighted by atomic mass is 16.6. The molecule has 0 aliphatic rings. The second-order valence-corrected chi connectivity index (χ2v) is 3.10. The summed E-state index contributed by atoms with van der Waals surface area (Å²) >= 11 is 0. The number of pyridine rings is 1. The Bertz CT molecular complexity index is 592. The van der Waals surface area contributed by atoms with Crippen LogP contribution in [-0.4, -0.2) is 30.5 Å². The first kappa shape index (κ1) is 10.7. The van der Waals surface area contributed by atoms with E-state index in [1.807, 2.05) is 0 Å². The molecule has 0 aromatic carbocycles. The van der Waals surface area contributed by atoms with Crippen LogP contribution in [0.15, 0.2) is 30.9 Å². The van der Waals surface area contributed by atoms with Crippen LogP contribution in [0.2, 0.25) is 0 Å². The van der Waals surface area contributed by atoms with Gasteiger partial charge in [-0.2, -0.15) is 0 Å². The molecule has 1 N–H and O–H groups in total. The van der Waals surface area contributed by atoms with Gasteiger partial charge >= 0.3 is 5.97 Å². The Hall–Kier alpha value is -2.77. The van der Waals surface area contributed by atoms with Crippen molar-refractivity contribution in [2.45, 2.75) is 0 Å². The lowest BCUT2D eigenvalue weighted by molar-refractivity contribution is -0.384. The first-order chi connectivity index (χ1) is 8.08. The molecule has 2 rings (SSSR count). The van der Waals surface area contributed by atoms with Crippen LogP contribution < -0.4 is 0 Å². The fourth-order valence-corrected chi connectivity index (χ4v) is 1.22. The van der Waals surface area contributed by atoms with E-state index in [4.69, 9.17) is 5.11 Å². The minimum atomic E-state index is -1.17. The number of carboxylic acids is 1. The van der Waals surface area contributed by atoms with Crippen molar-refractivity contribution in [1.82, 2.24) is 14.5 Å². The van der Waals surface area contributed by atoms with E-state index >= 15 is 0 Å². The largest absolute Gasteiger partial charge is 0.476 e. The van der Waals surface area contributed by atoms with E-state index in [-0.39, 0.29) is 17.2 Å². The molecule has 0 fully saturated rings. The zero-order valence-corrected chi connectivity index (χ0v) is 8.35. The van der Waals surface area contributed by atoms with Crippen molar-refractivity contribution >= 4 is 11.7 Å². The van der Waals surface area contributed by atoms with Gasteiger partial charge in [-0.3, -0.25) is 14.7 Å². The summed E-state index contributed by atoms with van der Waals surface area (Å²) in [6.07, 6.45) is 3.73. The normalized spacial score (nSPS) is 10.1. The van der Waals surface area contributed by atoms with Crippen molar-refractivity contribution in [3.05, 3.63) is 46.7 Å². The van der Waals surface area contributed by atoms with Gasteiger partial charge in [0.2, 0.25) is 0 Å². The van der Waals surface area contributed by atoms with Crippen molar-refractivity contribution in [3.63, 3.8) is 0 Å². The minimum absolute atomic E-state index is 0.124. The van der Waals surface area contributed by atoms with Crippen molar-refractivity contribution in [1.29, 1.82) is 0 Å². The minimum Gasteiger partial charge on any atom is -0.476 e. The first-order valence-electron chi connectivity index (χ1n) is 4.46. The molecule has 0 unspecified atom stereocenters. The average Bonchev–Trinajstić information content (AvgIpc) is 2.78. The second-order valence-electron chi connectivity index (χ2n) is 3.10. The highest BCUT2D eigenvalue weighted by Crippen LogP contribution is 2.14. The Morgan fingerprint density at radius 3 is 2.82 bits per heavy atom. The summed E-state index contributed by atoms with van der Waals surface area (Å²) in [6.45, 7) is 0. The topological polar surface area (TPSA) is 111 Å². The average molecular weight is 234 g/mol. The smallest absolute Gasteiger partial charge is 0.356 e. The van der Waals surface area contributed by atoms with Crippen LogP contribution in [0.1, 0.15) is 10.5 Å². The number of aromatic carboxylic acids is 1. The Morgan fingerprint density at radius 1 is 1.47 bits per heavy atom. The molecule has 8 nitrogen and oxygen atoms in total. The molecular formula is C9H6N4O4. The molecule has 0 aliphatic carbocycles. The van der Waals surface area contributed by atoms with Gasteiger partial charge in [-0.25, -0.2) is 14.8 Å². The molecule has 2 aromatic rings. The third-order valence-corrected chi connectivity index (χ3v) is 2.01. The maximum Gasteiger partial charge on any atom is 0.356 e. The maximum atomic E-state index is 10.6. The van der Waals surface area contributed by atoms with Gasteiger partial charge < -0.3 is 5.11 Å². The summed E-state index contributed by atoms with van der Waals surface area (Å²) in [5, 5.41) is 19.2. The Morgan fingerprint density at radius 2 is 2.24 bits per heavy atom. The Balaban J connectivity index is 2.42. The number of hydrogen-bond acceptors (Lipinski definition) is 5. The first-order valence-corrected chi connectivity index (χ1v) is 4.46. The summed E-state index contributed by atoms with van der Waals surface area (Å²) in [5.41, 5.74) is -0.279. The van der Waals surface area contributed by atoms with Crippen LogP contribution in [0.25, 0.3) is 5.82 Å². The van der Waals surface area contributed by atoms with E-state index in [0.29, 0.717) is 0 Å². The maximum absolute atomic E-state index is 10.6. The molecule has 0 amide bonds. The highest BCUT2D eigenvalue weighted by molar-refractivity contribution is 5.85. The van der Waals surface area contributed by atoms with Crippen molar-refractivity contribution in [3.8, 4) is 5.82 Å². The number of imidazole rings is 1. The molecule has 0 saturated heterocycles. The zero-order valence-electron chi connectivity index (χ0n) is 8.35. The molecule has 8 heteroatoms. The van der Waals surface area contributed by atoms with Crippen molar-refractivity contribution in [2.75, 3.05) is 0 Å². The van der Waals surface area contributed by atoms with Gasteiger partial charge in [0, 0.05) is 18.5 Å². The third-order valence-electron chi connectivity index (χ3n) is 2.01. The third kappa shape index (κ3) is 2.09. The molecule has 0 radical (unpaired) electrons. The number of carbonyl (C=O) groups is 1. The van der Waals surface area contributed by atoms with Crippen molar-refractivity contribution < 1.29 is 14.8 Å². The van der Waals surface area contributed by atoms with Gasteiger partial charge in [0.15, 0.2) is 5.69 Å². The fourth-order valence-electron chi connectivity index (χ4n) is 1.22. The second kappa shape index (κ2) is 4.00. The summed E-state index contributed by atoms with van der Waals surface area (Å²) in [6, 6.07) is 2.48. The lowest BCUT2D eigenvalue weighted by Crippen LogP contribution is -1.98. The number of aromatic nitrogens is 3. The van der Waals surface area contributed by atoms with Crippen LogP contribution >= 0.6 is 0 Å². The molecule has 0 atom stereocenters. The zero-order chi connectivity index (χ0) is 12.4. The monoisotopic (exact) mass is 234 g/mol. The summed E-state index contributed by atoms with van der Waals surface area (Å²) < 4.78 is 1.30. The van der Waals surface area contributed by atoms with E-state index in [0.717, 1.165) is 0 Å². The lowest BCUT2D eigenvalue weighted by atomic mass is 10.4. The van der Waals surface area contributed by atoms with Crippen LogP contribution in [-0.2, 0) is 0 Å². The van der Waals surface area contributed by atoms with E-state index in [1.54, 1.807) is 0 Å². The predicted molar refractivity (Wildman–Crippen MR) is 55.0 cm³/mol. The Kier molecular flexibility index (Phi) is 2.53. The molecule has 2 heterocycles. The van der Waals surface area contributed by atoms with E-state index in [2.05, 4.69) is 9.97 Å². The fraction of sp³-hybridized carbons (Fsp3) is 0. The van der Waals surface area contributed by atoms with Gasteiger partial charge in [0.1, 0.15) is 12.1 Å². The SMILES string of the molecule is O=C(O)c1cn(-c2cc([N+](=O)[O-])ccn2)cn1. The molecule has 17 heavy (non-hydrogen) atoms. The van der Waals surface area contributed by atoms with Gasteiger partial charge in [-0.1, -0.05) is 0 Å². The van der Waals surface area contributed by atoms with Crippen LogP contribution in [0.5, 0.6) is 0 Å². The molecule has 86 valence electrons. The predicted octanol–water partition coefficient (Wildman–Crippen LogP) is 0.874. The summed E-state index contributed by atoms with van der Waals surface area (Å²) in [5.74, 6) is -0.937. The quantitative estimate of drug-likeness (QED) is 0.623. The van der Waals surface area contributed by atoms with E-state index < -0.39 is 10.9 Å².